The van der Waals surface area contributed by atoms with Crippen LogP contribution < -0.4 is 14.8 Å². The molecule has 0 radical (unpaired) electrons. The molecule has 5 heteroatoms. The Bertz CT molecular complexity index is 616. The quantitative estimate of drug-likeness (QED) is 0.859. The molecule has 4 nitrogen and oxygen atoms in total. The van der Waals surface area contributed by atoms with E-state index in [-0.39, 0.29) is 5.75 Å². The lowest BCUT2D eigenvalue weighted by atomic mass is 10.1. The number of hydrogen-bond acceptors (Lipinski definition) is 4. The van der Waals surface area contributed by atoms with E-state index in [9.17, 15) is 5.11 Å². The lowest BCUT2D eigenvalue weighted by Gasteiger charge is -2.12. The van der Waals surface area contributed by atoms with E-state index in [1.807, 2.05) is 18.2 Å². The average Bonchev–Trinajstić information content (AvgIpc) is 2.50. The normalized spacial score (nSPS) is 10.4. The van der Waals surface area contributed by atoms with Crippen LogP contribution in [0, 0.1) is 0 Å². The van der Waals surface area contributed by atoms with E-state index in [1.54, 1.807) is 32.4 Å². The summed E-state index contributed by atoms with van der Waals surface area (Å²) in [5, 5.41) is 13.6. The van der Waals surface area contributed by atoms with Crippen LogP contribution in [0.1, 0.15) is 11.1 Å². The van der Waals surface area contributed by atoms with Gasteiger partial charge in [-0.15, -0.1) is 0 Å². The standard InChI is InChI=1S/C16H18ClNO3/c1-20-14-4-6-16(21-2)12(8-14)10-18-9-11-7-13(17)3-5-15(11)19/h3-8,18-19H,9-10H2,1-2H3. The number of phenolic OH excluding ortho intramolecular Hbond substituents is 1. The number of ether oxygens (including phenoxy) is 2. The van der Waals surface area contributed by atoms with Gasteiger partial charge in [-0.2, -0.15) is 0 Å². The molecule has 0 amide bonds. The number of benzene rings is 2. The second-order valence-corrected chi connectivity index (χ2v) is 4.99. The van der Waals surface area contributed by atoms with Crippen molar-refractivity contribution in [2.24, 2.45) is 0 Å². The smallest absolute Gasteiger partial charge is 0.123 e. The van der Waals surface area contributed by atoms with Crippen molar-refractivity contribution in [1.29, 1.82) is 0 Å². The number of nitrogens with one attached hydrogen (secondary N) is 1. The summed E-state index contributed by atoms with van der Waals surface area (Å²) in [6.07, 6.45) is 0. The molecule has 0 bridgehead atoms. The summed E-state index contributed by atoms with van der Waals surface area (Å²) in [5.41, 5.74) is 1.74. The summed E-state index contributed by atoms with van der Waals surface area (Å²) in [6.45, 7) is 1.10. The Labute approximate surface area is 129 Å². The third-order valence-corrected chi connectivity index (χ3v) is 3.40. The van der Waals surface area contributed by atoms with Crippen LogP contribution in [0.2, 0.25) is 5.02 Å². The Hall–Kier alpha value is -1.91. The largest absolute Gasteiger partial charge is 0.508 e. The average molecular weight is 308 g/mol. The number of hydrogen-bond donors (Lipinski definition) is 2. The maximum Gasteiger partial charge on any atom is 0.123 e. The van der Waals surface area contributed by atoms with Crippen molar-refractivity contribution in [2.75, 3.05) is 14.2 Å². The molecule has 0 unspecified atom stereocenters. The number of methoxy groups -OCH3 is 2. The second-order valence-electron chi connectivity index (χ2n) is 4.55. The summed E-state index contributed by atoms with van der Waals surface area (Å²) < 4.78 is 10.5. The zero-order chi connectivity index (χ0) is 15.2. The topological polar surface area (TPSA) is 50.7 Å². The molecule has 2 aromatic carbocycles. The highest BCUT2D eigenvalue weighted by Crippen LogP contribution is 2.25. The Morgan fingerprint density at radius 2 is 1.76 bits per heavy atom. The van der Waals surface area contributed by atoms with Gasteiger partial charge in [0.05, 0.1) is 14.2 Å². The van der Waals surface area contributed by atoms with Gasteiger partial charge in [0.2, 0.25) is 0 Å². The van der Waals surface area contributed by atoms with Gasteiger partial charge in [0, 0.05) is 29.2 Å². The van der Waals surface area contributed by atoms with Crippen molar-refractivity contribution in [3.63, 3.8) is 0 Å². The third-order valence-electron chi connectivity index (χ3n) is 3.16. The molecule has 0 fully saturated rings. The molecule has 2 aromatic rings. The van der Waals surface area contributed by atoms with Gasteiger partial charge in [-0.05, 0) is 36.4 Å². The summed E-state index contributed by atoms with van der Waals surface area (Å²) in [6, 6.07) is 10.6. The maximum atomic E-state index is 9.77. The van der Waals surface area contributed by atoms with Gasteiger partial charge in [-0.25, -0.2) is 0 Å². The summed E-state index contributed by atoms with van der Waals surface area (Å²) in [7, 11) is 3.26. The van der Waals surface area contributed by atoms with E-state index in [1.165, 1.54) is 0 Å². The first kappa shape index (κ1) is 15.5. The summed E-state index contributed by atoms with van der Waals surface area (Å²) in [5.74, 6) is 1.79. The van der Waals surface area contributed by atoms with E-state index in [0.29, 0.717) is 18.1 Å². The number of halogens is 1. The minimum Gasteiger partial charge on any atom is -0.508 e. The highest BCUT2D eigenvalue weighted by atomic mass is 35.5. The van der Waals surface area contributed by atoms with Gasteiger partial charge in [0.25, 0.3) is 0 Å². The maximum absolute atomic E-state index is 9.77. The molecular weight excluding hydrogens is 290 g/mol. The van der Waals surface area contributed by atoms with E-state index >= 15 is 0 Å². The van der Waals surface area contributed by atoms with E-state index in [2.05, 4.69) is 5.32 Å². The molecule has 21 heavy (non-hydrogen) atoms. The Kier molecular flexibility index (Phi) is 5.31. The molecule has 2 rings (SSSR count). The van der Waals surface area contributed by atoms with Crippen LogP contribution in [0.25, 0.3) is 0 Å². The first-order valence-electron chi connectivity index (χ1n) is 6.53. The molecule has 0 heterocycles. The van der Waals surface area contributed by atoms with Crippen LogP contribution >= 0.6 is 11.6 Å². The fraction of sp³-hybridized carbons (Fsp3) is 0.250. The van der Waals surface area contributed by atoms with Crippen LogP contribution in [-0.4, -0.2) is 19.3 Å². The SMILES string of the molecule is COc1ccc(OC)c(CNCc2cc(Cl)ccc2O)c1. The second kappa shape index (κ2) is 7.20. The predicted molar refractivity (Wildman–Crippen MR) is 83.2 cm³/mol. The van der Waals surface area contributed by atoms with Crippen LogP contribution in [0.5, 0.6) is 17.2 Å². The zero-order valence-electron chi connectivity index (χ0n) is 12.0. The highest BCUT2D eigenvalue weighted by Gasteiger charge is 2.06. The predicted octanol–water partition coefficient (Wildman–Crippen LogP) is 3.35. The first-order valence-corrected chi connectivity index (χ1v) is 6.91. The van der Waals surface area contributed by atoms with Crippen molar-refractivity contribution < 1.29 is 14.6 Å². The van der Waals surface area contributed by atoms with Crippen LogP contribution in [0.3, 0.4) is 0 Å². The van der Waals surface area contributed by atoms with Crippen molar-refractivity contribution in [1.82, 2.24) is 5.32 Å². The molecule has 112 valence electrons. The molecule has 0 aliphatic heterocycles. The lowest BCUT2D eigenvalue weighted by molar-refractivity contribution is 0.397. The summed E-state index contributed by atoms with van der Waals surface area (Å²) >= 11 is 5.92. The molecule has 0 aliphatic rings. The zero-order valence-corrected chi connectivity index (χ0v) is 12.8. The fourth-order valence-corrected chi connectivity index (χ4v) is 2.24. The molecule has 0 spiro atoms. The van der Waals surface area contributed by atoms with E-state index in [0.717, 1.165) is 22.6 Å². The highest BCUT2D eigenvalue weighted by molar-refractivity contribution is 6.30. The number of aromatic hydroxyl groups is 1. The van der Waals surface area contributed by atoms with Crippen molar-refractivity contribution >= 4 is 11.6 Å². The van der Waals surface area contributed by atoms with Crippen LogP contribution in [0.4, 0.5) is 0 Å². The molecular formula is C16H18ClNO3. The number of rotatable bonds is 6. The minimum atomic E-state index is 0.226. The summed E-state index contributed by atoms with van der Waals surface area (Å²) in [4.78, 5) is 0. The molecule has 0 aromatic heterocycles. The van der Waals surface area contributed by atoms with E-state index in [4.69, 9.17) is 21.1 Å². The Balaban J connectivity index is 2.04. The third kappa shape index (κ3) is 4.03. The monoisotopic (exact) mass is 307 g/mol. The van der Waals surface area contributed by atoms with Gasteiger partial charge in [0.15, 0.2) is 0 Å². The molecule has 0 saturated carbocycles. The molecule has 0 aliphatic carbocycles. The fourth-order valence-electron chi connectivity index (χ4n) is 2.05. The van der Waals surface area contributed by atoms with Crippen LogP contribution in [0.15, 0.2) is 36.4 Å². The molecule has 0 saturated heterocycles. The van der Waals surface area contributed by atoms with Gasteiger partial charge in [-0.3, -0.25) is 0 Å². The van der Waals surface area contributed by atoms with E-state index < -0.39 is 0 Å². The number of phenols is 1. The van der Waals surface area contributed by atoms with Crippen molar-refractivity contribution in [3.05, 3.63) is 52.5 Å². The van der Waals surface area contributed by atoms with Gasteiger partial charge in [0.1, 0.15) is 17.2 Å². The Morgan fingerprint density at radius 1 is 1.00 bits per heavy atom. The van der Waals surface area contributed by atoms with Gasteiger partial charge < -0.3 is 19.9 Å². The minimum absolute atomic E-state index is 0.226. The first-order chi connectivity index (χ1) is 10.1. The van der Waals surface area contributed by atoms with Crippen molar-refractivity contribution in [3.8, 4) is 17.2 Å². The molecule has 0 atom stereocenters. The van der Waals surface area contributed by atoms with Crippen molar-refractivity contribution in [2.45, 2.75) is 13.1 Å². The Morgan fingerprint density at radius 3 is 2.48 bits per heavy atom. The lowest BCUT2D eigenvalue weighted by Crippen LogP contribution is -2.13. The van der Waals surface area contributed by atoms with Gasteiger partial charge in [-0.1, -0.05) is 11.6 Å². The molecule has 2 N–H and O–H groups in total. The van der Waals surface area contributed by atoms with Crippen LogP contribution in [-0.2, 0) is 13.1 Å². The van der Waals surface area contributed by atoms with Gasteiger partial charge >= 0.3 is 0 Å².